The molecule has 1 aliphatic rings. The van der Waals surface area contributed by atoms with Crippen LogP contribution in [-0.2, 0) is 0 Å². The lowest BCUT2D eigenvalue weighted by molar-refractivity contribution is 0.387. The van der Waals surface area contributed by atoms with Crippen molar-refractivity contribution < 1.29 is 0 Å². The van der Waals surface area contributed by atoms with E-state index in [9.17, 15) is 4.79 Å². The van der Waals surface area contributed by atoms with Gasteiger partial charge >= 0.3 is 5.69 Å². The number of aromatic amines is 2. The quantitative estimate of drug-likeness (QED) is 0.736. The molecule has 0 bridgehead atoms. The van der Waals surface area contributed by atoms with Crippen LogP contribution in [0.5, 0.6) is 0 Å². The highest BCUT2D eigenvalue weighted by atomic mass is 16.1. The molecule has 1 saturated heterocycles. The van der Waals surface area contributed by atoms with E-state index < -0.39 is 0 Å². The summed E-state index contributed by atoms with van der Waals surface area (Å²) >= 11 is 0. The molecule has 114 valence electrons. The van der Waals surface area contributed by atoms with Crippen molar-refractivity contribution in [3.05, 3.63) is 34.9 Å². The van der Waals surface area contributed by atoms with Crippen LogP contribution in [0.4, 0.5) is 5.82 Å². The molecule has 0 aromatic carbocycles. The molecule has 2 N–H and O–H groups in total. The number of anilines is 1. The normalized spacial score (nSPS) is 16.5. The van der Waals surface area contributed by atoms with Crippen molar-refractivity contribution in [2.45, 2.75) is 25.8 Å². The van der Waals surface area contributed by atoms with Gasteiger partial charge in [-0.25, -0.2) is 19.9 Å². The summed E-state index contributed by atoms with van der Waals surface area (Å²) in [5.41, 5.74) is 0.736. The average molecular weight is 299 g/mol. The maximum absolute atomic E-state index is 11.7. The Morgan fingerprint density at radius 3 is 2.82 bits per heavy atom. The van der Waals surface area contributed by atoms with E-state index in [1.54, 1.807) is 10.9 Å². The summed E-state index contributed by atoms with van der Waals surface area (Å²) in [5.74, 6) is 1.74. The summed E-state index contributed by atoms with van der Waals surface area (Å²) < 4.78 is 1.69. The summed E-state index contributed by atoms with van der Waals surface area (Å²) in [6, 6.07) is 2.21. The van der Waals surface area contributed by atoms with Gasteiger partial charge in [-0.3, -0.25) is 4.57 Å². The zero-order chi connectivity index (χ0) is 15.1. The maximum atomic E-state index is 11.7. The highest BCUT2D eigenvalue weighted by molar-refractivity contribution is 5.87. The van der Waals surface area contributed by atoms with E-state index in [0.717, 1.165) is 48.6 Å². The topological polar surface area (TPSA) is 95.5 Å². The predicted molar refractivity (Wildman–Crippen MR) is 82.0 cm³/mol. The van der Waals surface area contributed by atoms with Crippen LogP contribution in [0.1, 0.15) is 24.7 Å². The largest absolute Gasteiger partial charge is 0.356 e. The molecule has 3 aromatic heterocycles. The van der Waals surface area contributed by atoms with Gasteiger partial charge in [0.1, 0.15) is 23.6 Å². The van der Waals surface area contributed by atoms with Crippen LogP contribution in [0.3, 0.4) is 0 Å². The first-order valence-corrected chi connectivity index (χ1v) is 7.40. The SMILES string of the molecule is Cc1nc(N2CCC(n3cn[nH]c3=O)CC2)c2cc[nH]c2n1. The van der Waals surface area contributed by atoms with Gasteiger partial charge in [-0.05, 0) is 25.8 Å². The molecule has 0 unspecified atom stereocenters. The van der Waals surface area contributed by atoms with Gasteiger partial charge in [0.25, 0.3) is 0 Å². The molecule has 4 rings (SSSR count). The van der Waals surface area contributed by atoms with Crippen LogP contribution < -0.4 is 10.6 Å². The number of aromatic nitrogens is 6. The number of H-pyrrole nitrogens is 2. The maximum Gasteiger partial charge on any atom is 0.343 e. The van der Waals surface area contributed by atoms with Gasteiger partial charge in [0, 0.05) is 25.3 Å². The molecule has 0 amide bonds. The van der Waals surface area contributed by atoms with E-state index in [2.05, 4.69) is 30.0 Å². The molecular weight excluding hydrogens is 282 g/mol. The van der Waals surface area contributed by atoms with Crippen LogP contribution in [0.25, 0.3) is 11.0 Å². The van der Waals surface area contributed by atoms with Gasteiger partial charge in [0.15, 0.2) is 0 Å². The number of piperidine rings is 1. The van der Waals surface area contributed by atoms with E-state index in [1.165, 1.54) is 0 Å². The van der Waals surface area contributed by atoms with Crippen molar-refractivity contribution in [3.8, 4) is 0 Å². The number of hydrogen-bond donors (Lipinski definition) is 2. The molecule has 0 atom stereocenters. The van der Waals surface area contributed by atoms with Gasteiger partial charge in [-0.1, -0.05) is 0 Å². The van der Waals surface area contributed by atoms with Crippen molar-refractivity contribution in [3.63, 3.8) is 0 Å². The first-order valence-electron chi connectivity index (χ1n) is 7.40. The second kappa shape index (κ2) is 4.97. The van der Waals surface area contributed by atoms with Gasteiger partial charge in [0.2, 0.25) is 0 Å². The third-order valence-electron chi connectivity index (χ3n) is 4.24. The Hall–Kier alpha value is -2.64. The van der Waals surface area contributed by atoms with Crippen molar-refractivity contribution in [2.24, 2.45) is 0 Å². The molecule has 1 aliphatic heterocycles. The fourth-order valence-corrected chi connectivity index (χ4v) is 3.15. The predicted octanol–water partition coefficient (Wildman–Crippen LogP) is 0.993. The highest BCUT2D eigenvalue weighted by Gasteiger charge is 2.24. The smallest absolute Gasteiger partial charge is 0.343 e. The molecule has 0 aliphatic carbocycles. The third-order valence-corrected chi connectivity index (χ3v) is 4.24. The van der Waals surface area contributed by atoms with Crippen LogP contribution in [-0.4, -0.2) is 42.8 Å². The first kappa shape index (κ1) is 13.1. The summed E-state index contributed by atoms with van der Waals surface area (Å²) in [7, 11) is 0. The van der Waals surface area contributed by atoms with Crippen molar-refractivity contribution in [2.75, 3.05) is 18.0 Å². The summed E-state index contributed by atoms with van der Waals surface area (Å²) in [5, 5.41) is 7.31. The fourth-order valence-electron chi connectivity index (χ4n) is 3.15. The number of fused-ring (bicyclic) bond motifs is 1. The first-order chi connectivity index (χ1) is 10.7. The zero-order valence-corrected chi connectivity index (χ0v) is 12.3. The van der Waals surface area contributed by atoms with Crippen LogP contribution in [0.2, 0.25) is 0 Å². The van der Waals surface area contributed by atoms with Crippen LogP contribution in [0.15, 0.2) is 23.4 Å². The minimum absolute atomic E-state index is 0.135. The van der Waals surface area contributed by atoms with Crippen molar-refractivity contribution >= 4 is 16.9 Å². The fraction of sp³-hybridized carbons (Fsp3) is 0.429. The lowest BCUT2D eigenvalue weighted by Crippen LogP contribution is -2.37. The lowest BCUT2D eigenvalue weighted by Gasteiger charge is -2.33. The lowest BCUT2D eigenvalue weighted by atomic mass is 10.0. The average Bonchev–Trinajstić information content (AvgIpc) is 3.15. The van der Waals surface area contributed by atoms with Gasteiger partial charge in [0.05, 0.1) is 5.39 Å². The highest BCUT2D eigenvalue weighted by Crippen LogP contribution is 2.28. The van der Waals surface area contributed by atoms with Gasteiger partial charge in [-0.2, -0.15) is 5.10 Å². The van der Waals surface area contributed by atoms with Gasteiger partial charge in [-0.15, -0.1) is 0 Å². The minimum Gasteiger partial charge on any atom is -0.356 e. The molecule has 8 heteroatoms. The van der Waals surface area contributed by atoms with Crippen LogP contribution >= 0.6 is 0 Å². The molecule has 3 aromatic rings. The molecule has 8 nitrogen and oxygen atoms in total. The van der Waals surface area contributed by atoms with Crippen LogP contribution in [0, 0.1) is 6.92 Å². The second-order valence-electron chi connectivity index (χ2n) is 5.62. The van der Waals surface area contributed by atoms with E-state index >= 15 is 0 Å². The Balaban J connectivity index is 1.59. The molecule has 1 fully saturated rings. The third kappa shape index (κ3) is 2.07. The van der Waals surface area contributed by atoms with Crippen molar-refractivity contribution in [1.82, 2.24) is 29.7 Å². The number of nitrogens with one attached hydrogen (secondary N) is 2. The number of aryl methyl sites for hydroxylation is 1. The summed E-state index contributed by atoms with van der Waals surface area (Å²) in [6.45, 7) is 3.62. The Bertz CT molecular complexity index is 853. The Labute approximate surface area is 126 Å². The summed E-state index contributed by atoms with van der Waals surface area (Å²) in [4.78, 5) is 26.1. The van der Waals surface area contributed by atoms with E-state index in [0.29, 0.717) is 0 Å². The molecule has 22 heavy (non-hydrogen) atoms. The second-order valence-corrected chi connectivity index (χ2v) is 5.62. The van der Waals surface area contributed by atoms with E-state index in [-0.39, 0.29) is 11.7 Å². The minimum atomic E-state index is -0.135. The Morgan fingerprint density at radius 2 is 2.09 bits per heavy atom. The number of rotatable bonds is 2. The van der Waals surface area contributed by atoms with E-state index in [4.69, 9.17) is 0 Å². The molecule has 0 saturated carbocycles. The molecule has 0 spiro atoms. The Morgan fingerprint density at radius 1 is 1.27 bits per heavy atom. The summed E-state index contributed by atoms with van der Waals surface area (Å²) in [6.07, 6.45) is 5.27. The molecule has 0 radical (unpaired) electrons. The molecular formula is C14H17N7O. The van der Waals surface area contributed by atoms with Crippen molar-refractivity contribution in [1.29, 1.82) is 0 Å². The Kier molecular flexibility index (Phi) is 2.95. The standard InChI is InChI=1S/C14H17N7O/c1-9-17-12-11(2-5-15-12)13(18-9)20-6-3-10(4-7-20)21-8-16-19-14(21)22/h2,5,8,10H,3-4,6-7H2,1H3,(H,19,22)(H,15,17,18). The number of hydrogen-bond acceptors (Lipinski definition) is 5. The van der Waals surface area contributed by atoms with E-state index in [1.807, 2.05) is 19.2 Å². The molecule has 4 heterocycles. The zero-order valence-electron chi connectivity index (χ0n) is 12.3. The van der Waals surface area contributed by atoms with Gasteiger partial charge < -0.3 is 9.88 Å². The number of nitrogens with zero attached hydrogens (tertiary/aromatic N) is 5. The monoisotopic (exact) mass is 299 g/mol.